The Morgan fingerprint density at radius 1 is 0.905 bits per heavy atom. The molecule has 42 heavy (non-hydrogen) atoms. The molecule has 1 fully saturated rings. The Bertz CT molecular complexity index is 1610. The zero-order chi connectivity index (χ0) is 29.6. The van der Waals surface area contributed by atoms with Crippen molar-refractivity contribution in [3.8, 4) is 11.5 Å². The molecule has 1 N–H and O–H groups in total. The molecule has 8 heteroatoms. The molecule has 3 aromatic carbocycles. The summed E-state index contributed by atoms with van der Waals surface area (Å²) in [4.78, 5) is 33.4. The van der Waals surface area contributed by atoms with Crippen LogP contribution < -0.4 is 14.4 Å². The van der Waals surface area contributed by atoms with Crippen LogP contribution in [0.2, 0.25) is 0 Å². The van der Waals surface area contributed by atoms with Crippen molar-refractivity contribution >= 4 is 44.1 Å². The van der Waals surface area contributed by atoms with E-state index in [9.17, 15) is 14.7 Å². The Hall–Kier alpha value is -4.17. The number of amides is 1. The molecule has 1 unspecified atom stereocenters. The van der Waals surface area contributed by atoms with Crippen molar-refractivity contribution in [3.63, 3.8) is 0 Å². The molecular formula is C34H36N2O5S. The van der Waals surface area contributed by atoms with Crippen molar-refractivity contribution in [2.75, 3.05) is 18.1 Å². The predicted octanol–water partition coefficient (Wildman–Crippen LogP) is 7.98. The van der Waals surface area contributed by atoms with E-state index < -0.39 is 17.7 Å². The van der Waals surface area contributed by atoms with E-state index in [0.717, 1.165) is 47.9 Å². The lowest BCUT2D eigenvalue weighted by Gasteiger charge is -2.23. The molecule has 7 nitrogen and oxygen atoms in total. The van der Waals surface area contributed by atoms with Gasteiger partial charge in [0.05, 0.1) is 35.0 Å². The van der Waals surface area contributed by atoms with Crippen LogP contribution >= 0.6 is 11.3 Å². The molecular weight excluding hydrogens is 548 g/mol. The van der Waals surface area contributed by atoms with Crippen LogP contribution in [0.3, 0.4) is 0 Å². The number of ether oxygens (including phenoxy) is 2. The highest BCUT2D eigenvalue weighted by Crippen LogP contribution is 2.44. The van der Waals surface area contributed by atoms with E-state index in [2.05, 4.69) is 13.8 Å². The first-order chi connectivity index (χ1) is 20.4. The quantitative estimate of drug-likeness (QED) is 0.0786. The van der Waals surface area contributed by atoms with Crippen molar-refractivity contribution < 1.29 is 24.2 Å². The van der Waals surface area contributed by atoms with Crippen LogP contribution in [-0.2, 0) is 9.59 Å². The number of Topliss-reactive ketones (excluding diaryl/α,β-unsaturated/α-hetero) is 1. The second-order valence-corrected chi connectivity index (χ2v) is 11.5. The summed E-state index contributed by atoms with van der Waals surface area (Å²) in [7, 11) is 0. The topological polar surface area (TPSA) is 89.0 Å². The molecule has 0 bridgehead atoms. The van der Waals surface area contributed by atoms with Crippen LogP contribution in [0.25, 0.3) is 16.0 Å². The first-order valence-electron chi connectivity index (χ1n) is 14.6. The zero-order valence-electron chi connectivity index (χ0n) is 24.3. The fourth-order valence-corrected chi connectivity index (χ4v) is 6.07. The Morgan fingerprint density at radius 2 is 1.64 bits per heavy atom. The van der Waals surface area contributed by atoms with Crippen molar-refractivity contribution in [2.45, 2.75) is 58.9 Å². The summed E-state index contributed by atoms with van der Waals surface area (Å²) in [5.74, 6) is -0.445. The molecule has 1 aliphatic rings. The van der Waals surface area contributed by atoms with Gasteiger partial charge in [0, 0.05) is 5.56 Å². The summed E-state index contributed by atoms with van der Waals surface area (Å²) < 4.78 is 12.6. The number of aliphatic hydroxyl groups excluding tert-OH is 1. The summed E-state index contributed by atoms with van der Waals surface area (Å²) >= 11 is 1.35. The molecule has 1 saturated heterocycles. The zero-order valence-corrected chi connectivity index (χ0v) is 25.1. The number of benzene rings is 3. The number of nitrogens with zero attached hydrogens (tertiary/aromatic N) is 2. The third-order valence-electron chi connectivity index (χ3n) is 7.27. The normalized spacial score (nSPS) is 16.4. The second kappa shape index (κ2) is 13.2. The largest absolute Gasteiger partial charge is 0.507 e. The van der Waals surface area contributed by atoms with Gasteiger partial charge in [-0.1, -0.05) is 74.8 Å². The Labute approximate surface area is 250 Å². The van der Waals surface area contributed by atoms with Gasteiger partial charge >= 0.3 is 5.91 Å². The van der Waals surface area contributed by atoms with Crippen molar-refractivity contribution in [3.05, 3.63) is 89.0 Å². The van der Waals surface area contributed by atoms with E-state index in [1.54, 1.807) is 18.2 Å². The lowest BCUT2D eigenvalue weighted by Crippen LogP contribution is -2.29. The van der Waals surface area contributed by atoms with Crippen molar-refractivity contribution in [2.24, 2.45) is 0 Å². The van der Waals surface area contributed by atoms with Crippen LogP contribution in [-0.4, -0.2) is 35.0 Å². The number of hydrogen-bond acceptors (Lipinski definition) is 7. The maximum atomic E-state index is 13.6. The number of anilines is 1. The molecule has 0 spiro atoms. The molecule has 1 aliphatic heterocycles. The average Bonchev–Trinajstić information content (AvgIpc) is 3.53. The van der Waals surface area contributed by atoms with E-state index in [1.807, 2.05) is 55.5 Å². The summed E-state index contributed by atoms with van der Waals surface area (Å²) in [6.07, 6.45) is 5.08. The molecule has 1 amide bonds. The minimum atomic E-state index is -0.870. The number of unbranched alkanes of at least 4 members (excludes halogenated alkanes) is 3. The SMILES string of the molecule is CCCCCOc1ccc(C2/C(=C(\O)c3cccc(OCCCC)c3)C(=O)C(=O)N2c2nc3ccc(C)cc3s2)cc1. The number of thiazole rings is 1. The summed E-state index contributed by atoms with van der Waals surface area (Å²) in [6, 6.07) is 19.4. The van der Waals surface area contributed by atoms with Gasteiger partial charge in [0.25, 0.3) is 5.78 Å². The van der Waals surface area contributed by atoms with Crippen molar-refractivity contribution in [1.82, 2.24) is 4.98 Å². The number of aryl methyl sites for hydroxylation is 1. The van der Waals surface area contributed by atoms with E-state index in [4.69, 9.17) is 14.5 Å². The number of ketones is 1. The van der Waals surface area contributed by atoms with Crippen molar-refractivity contribution in [1.29, 1.82) is 0 Å². The maximum Gasteiger partial charge on any atom is 0.301 e. The molecule has 4 aromatic rings. The number of hydrogen-bond donors (Lipinski definition) is 1. The van der Waals surface area contributed by atoms with E-state index >= 15 is 0 Å². The lowest BCUT2D eigenvalue weighted by atomic mass is 9.95. The van der Waals surface area contributed by atoms with Gasteiger partial charge in [-0.15, -0.1) is 0 Å². The number of aliphatic hydroxyl groups is 1. The molecule has 2 heterocycles. The summed E-state index contributed by atoms with van der Waals surface area (Å²) in [5, 5.41) is 12.0. The molecule has 0 aliphatic carbocycles. The lowest BCUT2D eigenvalue weighted by molar-refractivity contribution is -0.132. The minimum absolute atomic E-state index is 0.0118. The first-order valence-corrected chi connectivity index (χ1v) is 15.4. The van der Waals surface area contributed by atoms with E-state index in [0.29, 0.717) is 41.0 Å². The Balaban J connectivity index is 1.57. The average molecular weight is 585 g/mol. The van der Waals surface area contributed by atoms with Crippen LogP contribution in [0.5, 0.6) is 11.5 Å². The molecule has 1 atom stereocenters. The number of carbonyl (C=O) groups excluding carboxylic acids is 2. The van der Waals surface area contributed by atoms with Gasteiger partial charge in [-0.3, -0.25) is 14.5 Å². The third kappa shape index (κ3) is 6.19. The first kappa shape index (κ1) is 29.3. The van der Waals surface area contributed by atoms with Gasteiger partial charge in [0.1, 0.15) is 17.3 Å². The van der Waals surface area contributed by atoms with Gasteiger partial charge in [-0.2, -0.15) is 0 Å². The monoisotopic (exact) mass is 584 g/mol. The Kier molecular flexibility index (Phi) is 9.22. The summed E-state index contributed by atoms with van der Waals surface area (Å²) in [5.41, 5.74) is 2.91. The second-order valence-electron chi connectivity index (χ2n) is 10.5. The van der Waals surface area contributed by atoms with Gasteiger partial charge < -0.3 is 14.6 Å². The van der Waals surface area contributed by atoms with Crippen LogP contribution in [0.1, 0.15) is 68.7 Å². The minimum Gasteiger partial charge on any atom is -0.507 e. The fourth-order valence-electron chi connectivity index (χ4n) is 4.98. The van der Waals surface area contributed by atoms with Crippen LogP contribution in [0.15, 0.2) is 72.3 Å². The molecule has 1 aromatic heterocycles. The number of rotatable bonds is 12. The maximum absolute atomic E-state index is 13.6. The third-order valence-corrected chi connectivity index (χ3v) is 8.29. The molecule has 5 rings (SSSR count). The Morgan fingerprint density at radius 3 is 2.40 bits per heavy atom. The predicted molar refractivity (Wildman–Crippen MR) is 167 cm³/mol. The van der Waals surface area contributed by atoms with Gasteiger partial charge in [-0.05, 0) is 67.3 Å². The van der Waals surface area contributed by atoms with Gasteiger partial charge in [0.15, 0.2) is 5.13 Å². The van der Waals surface area contributed by atoms with Crippen LogP contribution in [0.4, 0.5) is 5.13 Å². The van der Waals surface area contributed by atoms with E-state index in [-0.39, 0.29) is 11.3 Å². The van der Waals surface area contributed by atoms with Gasteiger partial charge in [0.2, 0.25) is 0 Å². The smallest absolute Gasteiger partial charge is 0.301 e. The standard InChI is InChI=1S/C34H36N2O5S/c1-4-6-8-19-40-25-15-13-23(14-16-25)30-29(31(37)24-10-9-11-26(21-24)41-18-7-5-2)32(38)33(39)36(30)34-35-27-17-12-22(3)20-28(27)42-34/h9-17,20-21,30,37H,4-8,18-19H2,1-3H3/b31-29+. The highest BCUT2D eigenvalue weighted by molar-refractivity contribution is 7.22. The molecule has 218 valence electrons. The number of carbonyl (C=O) groups is 2. The van der Waals surface area contributed by atoms with Gasteiger partial charge in [-0.25, -0.2) is 4.98 Å². The highest BCUT2D eigenvalue weighted by Gasteiger charge is 2.48. The van der Waals surface area contributed by atoms with Crippen LogP contribution in [0, 0.1) is 6.92 Å². The molecule has 0 saturated carbocycles. The van der Waals surface area contributed by atoms with E-state index in [1.165, 1.54) is 16.2 Å². The molecule has 0 radical (unpaired) electrons. The highest BCUT2D eigenvalue weighted by atomic mass is 32.1. The fraction of sp³-hybridized carbons (Fsp3) is 0.324. The summed E-state index contributed by atoms with van der Waals surface area (Å²) in [6.45, 7) is 7.40. The number of fused-ring (bicyclic) bond motifs is 1. The number of aromatic nitrogens is 1.